The fourth-order valence-corrected chi connectivity index (χ4v) is 1.68. The molecular formula is C8H12N2OS. The van der Waals surface area contributed by atoms with Crippen LogP contribution >= 0.6 is 0 Å². The van der Waals surface area contributed by atoms with E-state index < -0.39 is 11.0 Å². The summed E-state index contributed by atoms with van der Waals surface area (Å²) < 4.78 is 14.3. The van der Waals surface area contributed by atoms with Gasteiger partial charge in [0.1, 0.15) is 11.0 Å². The van der Waals surface area contributed by atoms with Crippen molar-refractivity contribution in [1.29, 1.82) is 0 Å². The molecule has 1 heterocycles. The summed E-state index contributed by atoms with van der Waals surface area (Å²) >= 11 is 0. The highest BCUT2D eigenvalue weighted by Gasteiger charge is 2.03. The molecule has 1 aromatic heterocycles. The SMILES string of the molecule is CC(C)NS(=O)c1ccncc1. The lowest BCUT2D eigenvalue weighted by molar-refractivity contribution is 0.655. The molecule has 0 spiro atoms. The Kier molecular flexibility index (Phi) is 3.37. The quantitative estimate of drug-likeness (QED) is 0.764. The van der Waals surface area contributed by atoms with E-state index in [0.717, 1.165) is 4.90 Å². The van der Waals surface area contributed by atoms with Gasteiger partial charge in [-0.05, 0) is 26.0 Å². The molecule has 1 unspecified atom stereocenters. The lowest BCUT2D eigenvalue weighted by Crippen LogP contribution is -2.24. The molecule has 1 atom stereocenters. The van der Waals surface area contributed by atoms with Gasteiger partial charge >= 0.3 is 0 Å². The monoisotopic (exact) mass is 184 g/mol. The zero-order valence-corrected chi connectivity index (χ0v) is 7.97. The van der Waals surface area contributed by atoms with Crippen LogP contribution in [0.1, 0.15) is 13.8 Å². The molecule has 0 aliphatic carbocycles. The second kappa shape index (κ2) is 4.33. The molecule has 1 aromatic rings. The van der Waals surface area contributed by atoms with E-state index in [1.807, 2.05) is 13.8 Å². The third-order valence-electron chi connectivity index (χ3n) is 1.21. The van der Waals surface area contributed by atoms with Crippen LogP contribution in [0, 0.1) is 0 Å². The lowest BCUT2D eigenvalue weighted by Gasteiger charge is -2.06. The zero-order chi connectivity index (χ0) is 8.97. The Labute approximate surface area is 74.8 Å². The minimum Gasteiger partial charge on any atom is -0.265 e. The summed E-state index contributed by atoms with van der Waals surface area (Å²) in [5, 5.41) is 0. The summed E-state index contributed by atoms with van der Waals surface area (Å²) in [6.45, 7) is 3.91. The standard InChI is InChI=1S/C8H12N2OS/c1-7(2)10-12(11)8-3-5-9-6-4-8/h3-7,10H,1-2H3. The van der Waals surface area contributed by atoms with Gasteiger partial charge in [-0.3, -0.25) is 4.98 Å². The van der Waals surface area contributed by atoms with E-state index in [1.165, 1.54) is 0 Å². The highest BCUT2D eigenvalue weighted by atomic mass is 32.2. The highest BCUT2D eigenvalue weighted by Crippen LogP contribution is 2.01. The van der Waals surface area contributed by atoms with Gasteiger partial charge in [0.15, 0.2) is 0 Å². The Bertz CT molecular complexity index is 261. The molecule has 12 heavy (non-hydrogen) atoms. The number of hydrogen-bond donors (Lipinski definition) is 1. The van der Waals surface area contributed by atoms with Gasteiger partial charge in [-0.25, -0.2) is 8.93 Å². The molecule has 4 heteroatoms. The van der Waals surface area contributed by atoms with E-state index >= 15 is 0 Å². The fraction of sp³-hybridized carbons (Fsp3) is 0.375. The largest absolute Gasteiger partial charge is 0.265 e. The predicted octanol–water partition coefficient (Wildman–Crippen LogP) is 1.10. The first-order valence-electron chi connectivity index (χ1n) is 3.78. The maximum Gasteiger partial charge on any atom is 0.125 e. The summed E-state index contributed by atoms with van der Waals surface area (Å²) in [5.74, 6) is 0. The van der Waals surface area contributed by atoms with E-state index in [-0.39, 0.29) is 6.04 Å². The highest BCUT2D eigenvalue weighted by molar-refractivity contribution is 7.83. The van der Waals surface area contributed by atoms with E-state index in [1.54, 1.807) is 24.5 Å². The third-order valence-corrected chi connectivity index (χ3v) is 2.59. The molecular weight excluding hydrogens is 172 g/mol. The van der Waals surface area contributed by atoms with Crippen LogP contribution in [-0.4, -0.2) is 15.2 Å². The second-order valence-electron chi connectivity index (χ2n) is 2.72. The summed E-state index contributed by atoms with van der Waals surface area (Å²) in [4.78, 5) is 4.61. The van der Waals surface area contributed by atoms with Crippen molar-refractivity contribution in [2.45, 2.75) is 24.8 Å². The average Bonchev–Trinajstić information content (AvgIpc) is 2.05. The zero-order valence-electron chi connectivity index (χ0n) is 7.15. The molecule has 0 bridgehead atoms. The van der Waals surface area contributed by atoms with Crippen LogP contribution in [0.5, 0.6) is 0 Å². The Morgan fingerprint density at radius 1 is 1.42 bits per heavy atom. The molecule has 66 valence electrons. The molecule has 0 aliphatic heterocycles. The van der Waals surface area contributed by atoms with Crippen LogP contribution in [0.15, 0.2) is 29.4 Å². The molecule has 0 saturated heterocycles. The Morgan fingerprint density at radius 3 is 2.50 bits per heavy atom. The minimum atomic E-state index is -1.10. The van der Waals surface area contributed by atoms with Gasteiger partial charge in [-0.15, -0.1) is 0 Å². The van der Waals surface area contributed by atoms with Gasteiger partial charge < -0.3 is 0 Å². The van der Waals surface area contributed by atoms with Crippen molar-refractivity contribution in [3.63, 3.8) is 0 Å². The van der Waals surface area contributed by atoms with Crippen LogP contribution in [0.3, 0.4) is 0 Å². The molecule has 0 amide bonds. The molecule has 0 aliphatic rings. The summed E-state index contributed by atoms with van der Waals surface area (Å²) in [6, 6.07) is 3.70. The molecule has 0 fully saturated rings. The van der Waals surface area contributed by atoms with Crippen LogP contribution in [0.25, 0.3) is 0 Å². The topological polar surface area (TPSA) is 42.0 Å². The van der Waals surface area contributed by atoms with Crippen molar-refractivity contribution in [2.75, 3.05) is 0 Å². The molecule has 1 rings (SSSR count). The van der Waals surface area contributed by atoms with E-state index in [2.05, 4.69) is 9.71 Å². The maximum atomic E-state index is 11.4. The maximum absolute atomic E-state index is 11.4. The Morgan fingerprint density at radius 2 is 2.00 bits per heavy atom. The van der Waals surface area contributed by atoms with Crippen molar-refractivity contribution >= 4 is 11.0 Å². The minimum absolute atomic E-state index is 0.221. The van der Waals surface area contributed by atoms with Gasteiger partial charge in [0, 0.05) is 18.4 Å². The fourth-order valence-electron chi connectivity index (χ4n) is 0.744. The van der Waals surface area contributed by atoms with Crippen molar-refractivity contribution in [3.8, 4) is 0 Å². The number of nitrogens with one attached hydrogen (secondary N) is 1. The van der Waals surface area contributed by atoms with E-state index in [4.69, 9.17) is 0 Å². The summed E-state index contributed by atoms with van der Waals surface area (Å²) in [5.41, 5.74) is 0. The number of nitrogens with zero attached hydrogens (tertiary/aromatic N) is 1. The number of rotatable bonds is 3. The second-order valence-corrected chi connectivity index (χ2v) is 3.97. The Balaban J connectivity index is 2.66. The smallest absolute Gasteiger partial charge is 0.125 e. The third kappa shape index (κ3) is 2.71. The van der Waals surface area contributed by atoms with Crippen molar-refractivity contribution in [2.24, 2.45) is 0 Å². The van der Waals surface area contributed by atoms with Crippen LogP contribution in [0.2, 0.25) is 0 Å². The Hall–Kier alpha value is -0.740. The predicted molar refractivity (Wildman–Crippen MR) is 48.9 cm³/mol. The molecule has 0 radical (unpaired) electrons. The van der Waals surface area contributed by atoms with E-state index in [0.29, 0.717) is 0 Å². The first-order chi connectivity index (χ1) is 5.70. The first-order valence-corrected chi connectivity index (χ1v) is 4.93. The summed E-state index contributed by atoms with van der Waals surface area (Å²) in [7, 11) is -1.10. The van der Waals surface area contributed by atoms with Crippen molar-refractivity contribution < 1.29 is 4.21 Å². The normalized spacial score (nSPS) is 13.2. The van der Waals surface area contributed by atoms with Crippen LogP contribution in [0.4, 0.5) is 0 Å². The molecule has 3 nitrogen and oxygen atoms in total. The first kappa shape index (κ1) is 9.35. The summed E-state index contributed by atoms with van der Waals surface area (Å²) in [6.07, 6.45) is 3.27. The van der Waals surface area contributed by atoms with E-state index in [9.17, 15) is 4.21 Å². The van der Waals surface area contributed by atoms with Crippen molar-refractivity contribution in [3.05, 3.63) is 24.5 Å². The number of aromatic nitrogens is 1. The lowest BCUT2D eigenvalue weighted by atomic mass is 10.4. The molecule has 0 aromatic carbocycles. The molecule has 1 N–H and O–H groups in total. The van der Waals surface area contributed by atoms with Crippen LogP contribution < -0.4 is 4.72 Å². The van der Waals surface area contributed by atoms with Gasteiger partial charge in [0.25, 0.3) is 0 Å². The van der Waals surface area contributed by atoms with Gasteiger partial charge in [-0.2, -0.15) is 0 Å². The average molecular weight is 184 g/mol. The van der Waals surface area contributed by atoms with Gasteiger partial charge in [0.05, 0.1) is 4.90 Å². The number of hydrogen-bond acceptors (Lipinski definition) is 2. The molecule has 0 saturated carbocycles. The van der Waals surface area contributed by atoms with Crippen molar-refractivity contribution in [1.82, 2.24) is 9.71 Å². The van der Waals surface area contributed by atoms with Gasteiger partial charge in [0.2, 0.25) is 0 Å². The van der Waals surface area contributed by atoms with Gasteiger partial charge in [-0.1, -0.05) is 0 Å². The number of pyridine rings is 1. The van der Waals surface area contributed by atoms with Crippen LogP contribution in [-0.2, 0) is 11.0 Å².